The maximum Gasteiger partial charge on any atom is 0.241 e. The first-order chi connectivity index (χ1) is 15.2. The number of hydrogen-bond donors (Lipinski definition) is 3. The minimum absolute atomic E-state index is 0.0335. The Hall–Kier alpha value is -2.96. The molecule has 8 nitrogen and oxygen atoms in total. The summed E-state index contributed by atoms with van der Waals surface area (Å²) in [5, 5.41) is 16.5. The van der Waals surface area contributed by atoms with Crippen LogP contribution in [-0.2, 0) is 19.6 Å². The van der Waals surface area contributed by atoms with Crippen molar-refractivity contribution in [1.82, 2.24) is 15.4 Å². The fourth-order valence-corrected chi connectivity index (χ4v) is 5.08. The van der Waals surface area contributed by atoms with Crippen LogP contribution in [0.3, 0.4) is 0 Å². The minimum atomic E-state index is -3.97. The lowest BCUT2D eigenvalue weighted by Crippen LogP contribution is -2.50. The smallest absolute Gasteiger partial charge is 0.241 e. The molecule has 0 saturated carbocycles. The van der Waals surface area contributed by atoms with E-state index in [4.69, 9.17) is 0 Å². The summed E-state index contributed by atoms with van der Waals surface area (Å²) >= 11 is 0. The molecule has 0 aromatic heterocycles. The maximum absolute atomic E-state index is 13.0. The van der Waals surface area contributed by atoms with Crippen LogP contribution in [0.25, 0.3) is 10.8 Å². The number of rotatable bonds is 9. The fraction of sp³-hybridized carbons (Fsp3) is 0.435. The van der Waals surface area contributed by atoms with Crippen LogP contribution in [0.15, 0.2) is 47.4 Å². The Morgan fingerprint density at radius 1 is 1.22 bits per heavy atom. The number of carbonyl (C=O) groups is 2. The van der Waals surface area contributed by atoms with Crippen LogP contribution in [0.4, 0.5) is 0 Å². The molecule has 0 bridgehead atoms. The molecule has 1 aliphatic rings. The van der Waals surface area contributed by atoms with Gasteiger partial charge >= 0.3 is 0 Å². The van der Waals surface area contributed by atoms with Gasteiger partial charge < -0.3 is 10.6 Å². The van der Waals surface area contributed by atoms with Gasteiger partial charge in [0.25, 0.3) is 0 Å². The zero-order chi connectivity index (χ0) is 23.3. The highest BCUT2D eigenvalue weighted by Gasteiger charge is 2.31. The molecule has 0 aliphatic carbocycles. The molecule has 3 rings (SSSR count). The molecule has 170 valence electrons. The van der Waals surface area contributed by atoms with Gasteiger partial charge in [0.05, 0.1) is 11.0 Å². The van der Waals surface area contributed by atoms with E-state index in [9.17, 15) is 23.3 Å². The van der Waals surface area contributed by atoms with Crippen LogP contribution in [-0.4, -0.2) is 38.9 Å². The Balaban J connectivity index is 1.76. The topological polar surface area (TPSA) is 128 Å². The molecule has 0 unspecified atom stereocenters. The molecule has 1 fully saturated rings. The standard InChI is InChI=1S/C23H28N4O4S/c1-15(2)11-21(23(29)26-19(14-24)12-18-9-10-25-22(18)28)27-32(30,31)20-8-7-16-5-3-4-6-17(16)13-20/h3-8,13,15,18-19,21,27H,9-12H2,1-2H3,(H,25,28)(H,26,29)/t18-,19-,21-/m0/s1. The second kappa shape index (κ2) is 10.1. The van der Waals surface area contributed by atoms with Gasteiger partial charge in [-0.1, -0.05) is 44.2 Å². The molecular formula is C23H28N4O4S. The molecule has 1 aliphatic heterocycles. The van der Waals surface area contributed by atoms with Gasteiger partial charge in [-0.25, -0.2) is 8.42 Å². The first-order valence-electron chi connectivity index (χ1n) is 10.7. The number of sulfonamides is 1. The molecule has 1 heterocycles. The number of hydrogen-bond acceptors (Lipinski definition) is 5. The van der Waals surface area contributed by atoms with E-state index in [1.165, 1.54) is 6.07 Å². The molecule has 3 atom stereocenters. The lowest BCUT2D eigenvalue weighted by atomic mass is 9.98. The first-order valence-corrected chi connectivity index (χ1v) is 12.2. The van der Waals surface area contributed by atoms with Crippen LogP contribution in [0.5, 0.6) is 0 Å². The van der Waals surface area contributed by atoms with Gasteiger partial charge in [-0.15, -0.1) is 0 Å². The number of nitriles is 1. The van der Waals surface area contributed by atoms with Crippen molar-refractivity contribution in [2.24, 2.45) is 11.8 Å². The zero-order valence-corrected chi connectivity index (χ0v) is 19.0. The number of benzene rings is 2. The Morgan fingerprint density at radius 3 is 2.56 bits per heavy atom. The average molecular weight is 457 g/mol. The summed E-state index contributed by atoms with van der Waals surface area (Å²) in [6.07, 6.45) is 1.07. The Kier molecular flexibility index (Phi) is 7.48. The molecule has 2 aromatic rings. The molecule has 9 heteroatoms. The van der Waals surface area contributed by atoms with Crippen molar-refractivity contribution in [2.75, 3.05) is 6.54 Å². The molecule has 2 aromatic carbocycles. The predicted molar refractivity (Wildman–Crippen MR) is 121 cm³/mol. The largest absolute Gasteiger partial charge is 0.356 e. The van der Waals surface area contributed by atoms with E-state index in [1.807, 2.05) is 44.2 Å². The Labute approximate surface area is 188 Å². The average Bonchev–Trinajstić information content (AvgIpc) is 3.16. The molecular weight excluding hydrogens is 428 g/mol. The molecule has 3 N–H and O–H groups in total. The summed E-state index contributed by atoms with van der Waals surface area (Å²) in [7, 11) is -3.97. The fourth-order valence-electron chi connectivity index (χ4n) is 3.84. The van der Waals surface area contributed by atoms with Gasteiger partial charge in [0, 0.05) is 12.5 Å². The van der Waals surface area contributed by atoms with E-state index in [0.29, 0.717) is 13.0 Å². The van der Waals surface area contributed by atoms with Crippen LogP contribution in [0.2, 0.25) is 0 Å². The summed E-state index contributed by atoms with van der Waals surface area (Å²) in [4.78, 5) is 24.8. The van der Waals surface area contributed by atoms with E-state index < -0.39 is 28.0 Å². The number of fused-ring (bicyclic) bond motifs is 1. The number of carbonyl (C=O) groups excluding carboxylic acids is 2. The van der Waals surface area contributed by atoms with Gasteiger partial charge in [-0.05, 0) is 48.1 Å². The molecule has 2 amide bonds. The summed E-state index contributed by atoms with van der Waals surface area (Å²) in [6, 6.07) is 12.3. The quantitative estimate of drug-likeness (QED) is 0.532. The van der Waals surface area contributed by atoms with Crippen molar-refractivity contribution in [2.45, 2.75) is 50.1 Å². The van der Waals surface area contributed by atoms with Gasteiger partial charge in [-0.2, -0.15) is 9.98 Å². The third-order valence-electron chi connectivity index (χ3n) is 5.51. The number of amides is 2. The summed E-state index contributed by atoms with van der Waals surface area (Å²) in [5.41, 5.74) is 0. The maximum atomic E-state index is 13.0. The van der Waals surface area contributed by atoms with E-state index in [-0.39, 0.29) is 35.5 Å². The van der Waals surface area contributed by atoms with Crippen molar-refractivity contribution in [1.29, 1.82) is 5.26 Å². The highest BCUT2D eigenvalue weighted by atomic mass is 32.2. The minimum Gasteiger partial charge on any atom is -0.356 e. The third kappa shape index (κ3) is 5.84. The van der Waals surface area contributed by atoms with Crippen molar-refractivity contribution in [3.05, 3.63) is 42.5 Å². The van der Waals surface area contributed by atoms with E-state index in [2.05, 4.69) is 15.4 Å². The predicted octanol–water partition coefficient (Wildman–Crippen LogP) is 2.07. The van der Waals surface area contributed by atoms with Crippen molar-refractivity contribution >= 4 is 32.6 Å². The molecule has 32 heavy (non-hydrogen) atoms. The van der Waals surface area contributed by atoms with Crippen LogP contribution < -0.4 is 15.4 Å². The monoisotopic (exact) mass is 456 g/mol. The van der Waals surface area contributed by atoms with E-state index >= 15 is 0 Å². The third-order valence-corrected chi connectivity index (χ3v) is 6.98. The van der Waals surface area contributed by atoms with Gasteiger partial charge in [-0.3, -0.25) is 9.59 Å². The second-order valence-electron chi connectivity index (χ2n) is 8.51. The lowest BCUT2D eigenvalue weighted by Gasteiger charge is -2.22. The van der Waals surface area contributed by atoms with Crippen molar-refractivity contribution in [3.63, 3.8) is 0 Å². The summed E-state index contributed by atoms with van der Waals surface area (Å²) < 4.78 is 28.6. The van der Waals surface area contributed by atoms with Crippen molar-refractivity contribution < 1.29 is 18.0 Å². The van der Waals surface area contributed by atoms with Gasteiger partial charge in [0.1, 0.15) is 12.1 Å². The van der Waals surface area contributed by atoms with E-state index in [0.717, 1.165) is 10.8 Å². The number of nitrogens with one attached hydrogen (secondary N) is 3. The highest BCUT2D eigenvalue weighted by molar-refractivity contribution is 7.89. The SMILES string of the molecule is CC(C)C[C@H](NS(=O)(=O)c1ccc2ccccc2c1)C(=O)N[C@H](C#N)C[C@@H]1CCNC1=O. The first kappa shape index (κ1) is 23.7. The van der Waals surface area contributed by atoms with Crippen LogP contribution in [0.1, 0.15) is 33.1 Å². The van der Waals surface area contributed by atoms with Crippen molar-refractivity contribution in [3.8, 4) is 6.07 Å². The molecule has 1 saturated heterocycles. The van der Waals surface area contributed by atoms with Crippen LogP contribution >= 0.6 is 0 Å². The van der Waals surface area contributed by atoms with Gasteiger partial charge in [0.2, 0.25) is 21.8 Å². The van der Waals surface area contributed by atoms with E-state index in [1.54, 1.807) is 12.1 Å². The normalized spacial score (nSPS) is 18.2. The zero-order valence-electron chi connectivity index (χ0n) is 18.2. The summed E-state index contributed by atoms with van der Waals surface area (Å²) in [5.74, 6) is -1.01. The summed E-state index contributed by atoms with van der Waals surface area (Å²) in [6.45, 7) is 4.32. The lowest BCUT2D eigenvalue weighted by molar-refractivity contribution is -0.125. The second-order valence-corrected chi connectivity index (χ2v) is 10.2. The molecule has 0 radical (unpaired) electrons. The van der Waals surface area contributed by atoms with Gasteiger partial charge in [0.15, 0.2) is 0 Å². The molecule has 0 spiro atoms. The highest BCUT2D eigenvalue weighted by Crippen LogP contribution is 2.20. The number of nitrogens with zero attached hydrogens (tertiary/aromatic N) is 1. The Bertz CT molecular complexity index is 1140. The Morgan fingerprint density at radius 2 is 1.94 bits per heavy atom. The van der Waals surface area contributed by atoms with Crippen LogP contribution in [0, 0.1) is 23.2 Å².